The first-order valence-electron chi connectivity index (χ1n) is 9.59. The Labute approximate surface area is 188 Å². The summed E-state index contributed by atoms with van der Waals surface area (Å²) in [7, 11) is 1.56. The van der Waals surface area contributed by atoms with Gasteiger partial charge in [-0.25, -0.2) is 9.59 Å². The molecule has 12 nitrogen and oxygen atoms in total. The summed E-state index contributed by atoms with van der Waals surface area (Å²) in [4.78, 5) is 24.5. The molecule has 0 heterocycles. The van der Waals surface area contributed by atoms with Crippen molar-refractivity contribution in [1.29, 1.82) is 0 Å². The second-order valence-electron chi connectivity index (χ2n) is 6.45. The van der Waals surface area contributed by atoms with Crippen LogP contribution >= 0.6 is 0 Å². The summed E-state index contributed by atoms with van der Waals surface area (Å²) in [5.41, 5.74) is -0.606. The molecule has 2 aromatic carbocycles. The zero-order valence-corrected chi connectivity index (χ0v) is 17.6. The van der Waals surface area contributed by atoms with Crippen molar-refractivity contribution < 1.29 is 58.8 Å². The van der Waals surface area contributed by atoms with Crippen LogP contribution in [0.4, 0.5) is 0 Å². The molecule has 0 aliphatic carbocycles. The number of benzene rings is 2. The minimum absolute atomic E-state index is 0.0825. The van der Waals surface area contributed by atoms with Crippen LogP contribution in [0.1, 0.15) is 20.7 Å². The van der Waals surface area contributed by atoms with E-state index in [1.165, 1.54) is 0 Å². The third kappa shape index (κ3) is 7.42. The molecule has 0 aromatic heterocycles. The number of phenolic OH excluding ortho intramolecular Hbond substituents is 5. The maximum Gasteiger partial charge on any atom is 0.343 e. The highest BCUT2D eigenvalue weighted by Gasteiger charge is 2.21. The van der Waals surface area contributed by atoms with Gasteiger partial charge >= 0.3 is 11.9 Å². The van der Waals surface area contributed by atoms with Crippen LogP contribution in [-0.2, 0) is 18.9 Å². The maximum atomic E-state index is 12.3. The Balaban J connectivity index is 1.94. The zero-order valence-electron chi connectivity index (χ0n) is 17.6. The van der Waals surface area contributed by atoms with E-state index in [0.29, 0.717) is 19.8 Å². The third-order valence-electron chi connectivity index (χ3n) is 4.06. The Kier molecular flexibility index (Phi) is 9.54. The van der Waals surface area contributed by atoms with Crippen molar-refractivity contribution in [2.24, 2.45) is 0 Å². The van der Waals surface area contributed by atoms with Crippen LogP contribution in [0.25, 0.3) is 0 Å². The molecule has 0 amide bonds. The number of hydrogen-bond acceptors (Lipinski definition) is 12. The van der Waals surface area contributed by atoms with Gasteiger partial charge in [-0.2, -0.15) is 0 Å². The van der Waals surface area contributed by atoms with Gasteiger partial charge < -0.3 is 49.2 Å². The van der Waals surface area contributed by atoms with Crippen LogP contribution in [0.3, 0.4) is 0 Å². The Morgan fingerprint density at radius 1 is 0.667 bits per heavy atom. The number of hydrogen-bond donors (Lipinski definition) is 5. The van der Waals surface area contributed by atoms with Crippen molar-refractivity contribution >= 4 is 11.9 Å². The molecule has 0 unspecified atom stereocenters. The molecule has 0 fully saturated rings. The van der Waals surface area contributed by atoms with Crippen LogP contribution in [-0.4, -0.2) is 84.2 Å². The molecule has 180 valence electrons. The van der Waals surface area contributed by atoms with Crippen LogP contribution in [0.15, 0.2) is 24.3 Å². The lowest BCUT2D eigenvalue weighted by molar-refractivity contribution is 0.00567. The summed E-state index contributed by atoms with van der Waals surface area (Å²) in [6.07, 6.45) is 0. The Bertz CT molecular complexity index is 949. The van der Waals surface area contributed by atoms with Gasteiger partial charge in [0.1, 0.15) is 6.61 Å². The molecule has 0 aliphatic heterocycles. The lowest BCUT2D eigenvalue weighted by atomic mass is 10.1. The van der Waals surface area contributed by atoms with Gasteiger partial charge in [0.25, 0.3) is 0 Å². The predicted octanol–water partition coefficient (Wildman–Crippen LogP) is 1.27. The molecule has 0 saturated carbocycles. The molecule has 0 atom stereocenters. The predicted molar refractivity (Wildman–Crippen MR) is 110 cm³/mol. The van der Waals surface area contributed by atoms with Crippen molar-refractivity contribution in [3.05, 3.63) is 35.4 Å². The number of aromatic hydroxyl groups is 5. The molecular weight excluding hydrogens is 444 g/mol. The van der Waals surface area contributed by atoms with E-state index in [4.69, 9.17) is 23.7 Å². The fourth-order valence-corrected chi connectivity index (χ4v) is 2.41. The van der Waals surface area contributed by atoms with E-state index in [1.54, 1.807) is 7.11 Å². The third-order valence-corrected chi connectivity index (χ3v) is 4.06. The summed E-state index contributed by atoms with van der Waals surface area (Å²) in [6, 6.07) is 3.50. The van der Waals surface area contributed by atoms with Gasteiger partial charge in [-0.05, 0) is 24.3 Å². The second kappa shape index (κ2) is 12.3. The van der Waals surface area contributed by atoms with E-state index in [0.717, 1.165) is 24.3 Å². The first-order chi connectivity index (χ1) is 15.7. The van der Waals surface area contributed by atoms with E-state index in [-0.39, 0.29) is 30.9 Å². The van der Waals surface area contributed by atoms with Gasteiger partial charge in [0.2, 0.25) is 5.75 Å². The van der Waals surface area contributed by atoms with Crippen molar-refractivity contribution in [1.82, 2.24) is 0 Å². The number of ether oxygens (including phenoxy) is 5. The number of carbonyl (C=O) groups excluding carboxylic acids is 2. The van der Waals surface area contributed by atoms with Crippen molar-refractivity contribution in [3.8, 4) is 34.5 Å². The highest BCUT2D eigenvalue weighted by molar-refractivity contribution is 5.94. The summed E-state index contributed by atoms with van der Waals surface area (Å²) < 4.78 is 25.2. The van der Waals surface area contributed by atoms with Gasteiger partial charge in [-0.15, -0.1) is 0 Å². The Morgan fingerprint density at radius 3 is 1.73 bits per heavy atom. The summed E-state index contributed by atoms with van der Waals surface area (Å²) in [5.74, 6) is -6.62. The van der Waals surface area contributed by atoms with Crippen LogP contribution < -0.4 is 4.74 Å². The van der Waals surface area contributed by atoms with Crippen molar-refractivity contribution in [2.75, 3.05) is 46.8 Å². The molecule has 12 heteroatoms. The fourth-order valence-electron chi connectivity index (χ4n) is 2.41. The number of methoxy groups -OCH3 is 1. The van der Waals surface area contributed by atoms with E-state index >= 15 is 0 Å². The molecule has 33 heavy (non-hydrogen) atoms. The molecule has 0 aliphatic rings. The molecular formula is C21H24O12. The van der Waals surface area contributed by atoms with E-state index in [2.05, 4.69) is 0 Å². The largest absolute Gasteiger partial charge is 0.504 e. The quantitative estimate of drug-likeness (QED) is 0.130. The summed E-state index contributed by atoms with van der Waals surface area (Å²) in [5, 5.41) is 48.2. The molecule has 0 radical (unpaired) electrons. The minimum Gasteiger partial charge on any atom is -0.504 e. The van der Waals surface area contributed by atoms with Gasteiger partial charge in [-0.1, -0.05) is 0 Å². The van der Waals surface area contributed by atoms with Gasteiger partial charge in [0.05, 0.1) is 44.2 Å². The number of rotatable bonds is 12. The molecule has 0 bridgehead atoms. The topological polar surface area (TPSA) is 181 Å². The summed E-state index contributed by atoms with van der Waals surface area (Å²) >= 11 is 0. The van der Waals surface area contributed by atoms with Crippen LogP contribution in [0.2, 0.25) is 0 Å². The standard InChI is InChI=1S/C21H24O12/c1-29-2-3-30-4-5-31-6-7-32-20(27)13-10-16(24)19(26)17(11-13)33-21(28)12-8-14(22)18(25)15(23)9-12/h8-11,22-26H,2-7H2,1H3. The van der Waals surface area contributed by atoms with Crippen LogP contribution in [0, 0.1) is 0 Å². The minimum atomic E-state index is -1.16. The monoisotopic (exact) mass is 468 g/mol. The first kappa shape index (κ1) is 25.5. The first-order valence-corrected chi connectivity index (χ1v) is 9.59. The highest BCUT2D eigenvalue weighted by Crippen LogP contribution is 2.39. The number of carbonyl (C=O) groups is 2. The lowest BCUT2D eigenvalue weighted by Crippen LogP contribution is -2.14. The average Bonchev–Trinajstić information content (AvgIpc) is 2.78. The van der Waals surface area contributed by atoms with E-state index in [1.807, 2.05) is 0 Å². The van der Waals surface area contributed by atoms with Crippen molar-refractivity contribution in [2.45, 2.75) is 0 Å². The maximum absolute atomic E-state index is 12.3. The SMILES string of the molecule is COCCOCCOCCOC(=O)c1cc(O)c(O)c(OC(=O)c2cc(O)c(O)c(O)c2)c1. The van der Waals surface area contributed by atoms with Crippen LogP contribution in [0.5, 0.6) is 34.5 Å². The zero-order chi connectivity index (χ0) is 24.4. The molecule has 0 spiro atoms. The van der Waals surface area contributed by atoms with Gasteiger partial charge in [-0.3, -0.25) is 0 Å². The molecule has 2 aromatic rings. The lowest BCUT2D eigenvalue weighted by Gasteiger charge is -2.11. The summed E-state index contributed by atoms with van der Waals surface area (Å²) in [6.45, 7) is 1.49. The highest BCUT2D eigenvalue weighted by atomic mass is 16.6. The molecule has 0 saturated heterocycles. The normalized spacial score (nSPS) is 10.7. The van der Waals surface area contributed by atoms with Gasteiger partial charge in [0, 0.05) is 7.11 Å². The number of phenols is 5. The molecule has 2 rings (SSSR count). The smallest absolute Gasteiger partial charge is 0.343 e. The number of esters is 2. The van der Waals surface area contributed by atoms with E-state index < -0.39 is 46.4 Å². The Morgan fingerprint density at radius 2 is 1.15 bits per heavy atom. The van der Waals surface area contributed by atoms with Crippen molar-refractivity contribution in [3.63, 3.8) is 0 Å². The van der Waals surface area contributed by atoms with E-state index in [9.17, 15) is 35.1 Å². The van der Waals surface area contributed by atoms with Gasteiger partial charge in [0.15, 0.2) is 28.7 Å². The fraction of sp³-hybridized carbons (Fsp3) is 0.333. The average molecular weight is 468 g/mol. The molecule has 5 N–H and O–H groups in total. The Hall–Kier alpha value is -3.74. The second-order valence-corrected chi connectivity index (χ2v) is 6.45.